The van der Waals surface area contributed by atoms with Crippen molar-refractivity contribution in [2.24, 2.45) is 11.7 Å². The minimum absolute atomic E-state index is 0.00621. The van der Waals surface area contributed by atoms with E-state index in [9.17, 15) is 29.1 Å². The van der Waals surface area contributed by atoms with Gasteiger partial charge in [-0.15, -0.1) is 0 Å². The van der Waals surface area contributed by atoms with Gasteiger partial charge < -0.3 is 37.1 Å². The van der Waals surface area contributed by atoms with Crippen molar-refractivity contribution in [3.05, 3.63) is 18.2 Å². The lowest BCUT2D eigenvalue weighted by Gasteiger charge is -2.25. The normalized spacial score (nSPS) is 17.9. The Morgan fingerprint density at radius 1 is 1.11 bits per heavy atom. The largest absolute Gasteiger partial charge is 0.480 e. The molecule has 1 fully saturated rings. The third-order valence-corrected chi connectivity index (χ3v) is 5.62. The Morgan fingerprint density at radius 2 is 1.80 bits per heavy atom. The number of carbonyl (C=O) groups excluding carboxylic acids is 4. The van der Waals surface area contributed by atoms with E-state index in [4.69, 9.17) is 5.73 Å². The van der Waals surface area contributed by atoms with Gasteiger partial charge in [-0.05, 0) is 38.1 Å². The van der Waals surface area contributed by atoms with Crippen molar-refractivity contribution < 1.29 is 29.1 Å². The Labute approximate surface area is 203 Å². The van der Waals surface area contributed by atoms with E-state index in [1.807, 2.05) is 13.8 Å². The summed E-state index contributed by atoms with van der Waals surface area (Å²) in [4.78, 5) is 68.4. The molecule has 0 saturated carbocycles. The van der Waals surface area contributed by atoms with Crippen molar-refractivity contribution in [3.63, 3.8) is 0 Å². The highest BCUT2D eigenvalue weighted by molar-refractivity contribution is 5.94. The number of amides is 4. The second kappa shape index (κ2) is 13.4. The van der Waals surface area contributed by atoms with E-state index in [0.717, 1.165) is 6.42 Å². The van der Waals surface area contributed by atoms with Crippen LogP contribution >= 0.6 is 0 Å². The van der Waals surface area contributed by atoms with Crippen LogP contribution in [0.25, 0.3) is 0 Å². The predicted octanol–water partition coefficient (Wildman–Crippen LogP) is -1.45. The monoisotopic (exact) mass is 493 g/mol. The Morgan fingerprint density at radius 3 is 2.34 bits per heavy atom. The minimum Gasteiger partial charge on any atom is -0.480 e. The molecule has 0 radical (unpaired) electrons. The first-order valence-electron chi connectivity index (χ1n) is 11.7. The van der Waals surface area contributed by atoms with Gasteiger partial charge in [-0.25, -0.2) is 9.78 Å². The van der Waals surface area contributed by atoms with Gasteiger partial charge in [0.2, 0.25) is 23.6 Å². The van der Waals surface area contributed by atoms with E-state index in [1.165, 1.54) is 12.5 Å². The Kier molecular flexibility index (Phi) is 10.6. The number of carboxylic acid groups (broad SMARTS) is 1. The molecule has 8 N–H and O–H groups in total. The van der Waals surface area contributed by atoms with Crippen molar-refractivity contribution in [2.75, 3.05) is 6.54 Å². The minimum atomic E-state index is -1.19. The zero-order chi connectivity index (χ0) is 26.0. The number of carbonyl (C=O) groups is 5. The molecule has 13 heteroatoms. The zero-order valence-electron chi connectivity index (χ0n) is 20.0. The molecule has 35 heavy (non-hydrogen) atoms. The van der Waals surface area contributed by atoms with Gasteiger partial charge in [0.25, 0.3) is 0 Å². The van der Waals surface area contributed by atoms with Crippen LogP contribution in [0.3, 0.4) is 0 Å². The van der Waals surface area contributed by atoms with E-state index in [2.05, 4.69) is 31.2 Å². The van der Waals surface area contributed by atoms with Gasteiger partial charge in [0, 0.05) is 24.7 Å². The van der Waals surface area contributed by atoms with Crippen LogP contribution in [0.15, 0.2) is 12.5 Å². The summed E-state index contributed by atoms with van der Waals surface area (Å²) in [5, 5.41) is 20.2. The van der Waals surface area contributed by atoms with Crippen LogP contribution in [-0.2, 0) is 30.4 Å². The molecule has 0 bridgehead atoms. The van der Waals surface area contributed by atoms with Gasteiger partial charge >= 0.3 is 5.97 Å². The molecule has 194 valence electrons. The van der Waals surface area contributed by atoms with Gasteiger partial charge in [-0.2, -0.15) is 0 Å². The SMILES string of the molecule is CC(C)CC(NC(=O)C(Cc1cnc[nH]1)NC(=O)C(CCC(N)=O)NC(=O)C1CCCN1)C(=O)O. The fourth-order valence-electron chi connectivity index (χ4n) is 3.80. The van der Waals surface area contributed by atoms with Crippen LogP contribution < -0.4 is 27.0 Å². The topological polar surface area (TPSA) is 208 Å². The van der Waals surface area contributed by atoms with Gasteiger partial charge in [0.1, 0.15) is 18.1 Å². The van der Waals surface area contributed by atoms with Gasteiger partial charge in [-0.3, -0.25) is 19.2 Å². The number of aromatic amines is 1. The number of nitrogens with one attached hydrogen (secondary N) is 5. The first kappa shape index (κ1) is 27.8. The summed E-state index contributed by atoms with van der Waals surface area (Å²) >= 11 is 0. The van der Waals surface area contributed by atoms with Gasteiger partial charge in [0.15, 0.2) is 0 Å². The van der Waals surface area contributed by atoms with E-state index < -0.39 is 47.9 Å². The number of aliphatic carboxylic acids is 1. The fourth-order valence-corrected chi connectivity index (χ4v) is 3.80. The summed E-state index contributed by atoms with van der Waals surface area (Å²) in [5.74, 6) is -3.58. The van der Waals surface area contributed by atoms with E-state index in [0.29, 0.717) is 18.7 Å². The fraction of sp³-hybridized carbons (Fsp3) is 0.636. The van der Waals surface area contributed by atoms with E-state index in [1.54, 1.807) is 0 Å². The summed E-state index contributed by atoms with van der Waals surface area (Å²) < 4.78 is 0. The number of hydrogen-bond acceptors (Lipinski definition) is 7. The van der Waals surface area contributed by atoms with Crippen molar-refractivity contribution in [3.8, 4) is 0 Å². The third kappa shape index (κ3) is 9.35. The molecule has 2 heterocycles. The van der Waals surface area contributed by atoms with Crippen LogP contribution in [0.1, 0.15) is 51.6 Å². The zero-order valence-corrected chi connectivity index (χ0v) is 20.0. The predicted molar refractivity (Wildman–Crippen MR) is 125 cm³/mol. The average Bonchev–Trinajstić information content (AvgIpc) is 3.49. The van der Waals surface area contributed by atoms with Crippen molar-refractivity contribution >= 4 is 29.6 Å². The molecule has 4 atom stereocenters. The molecule has 4 unspecified atom stereocenters. The summed E-state index contributed by atoms with van der Waals surface area (Å²) in [6, 6.07) is -3.85. The molecule has 1 aliphatic rings. The molecule has 0 aliphatic carbocycles. The molecule has 2 rings (SSSR count). The number of imidazole rings is 1. The summed E-state index contributed by atoms with van der Waals surface area (Å²) in [7, 11) is 0. The van der Waals surface area contributed by atoms with Gasteiger partial charge in [-0.1, -0.05) is 13.8 Å². The number of primary amides is 1. The molecule has 1 aliphatic heterocycles. The standard InChI is InChI=1S/C22H35N7O6/c1-12(2)8-17(22(34)35)29-21(33)16(9-13-10-24-11-26-13)28-20(32)15(5-6-18(23)30)27-19(31)14-4-3-7-25-14/h10-12,14-17,25H,3-9H2,1-2H3,(H2,23,30)(H,24,26)(H,27,31)(H,28,32)(H,29,33)(H,34,35). The second-order valence-electron chi connectivity index (χ2n) is 9.09. The number of nitrogens with zero attached hydrogens (tertiary/aromatic N) is 1. The number of aromatic nitrogens is 2. The van der Waals surface area contributed by atoms with Crippen LogP contribution in [0, 0.1) is 5.92 Å². The molecule has 13 nitrogen and oxygen atoms in total. The molecule has 0 aromatic carbocycles. The van der Waals surface area contributed by atoms with Crippen LogP contribution in [0.2, 0.25) is 0 Å². The smallest absolute Gasteiger partial charge is 0.326 e. The van der Waals surface area contributed by atoms with Crippen LogP contribution in [-0.4, -0.2) is 75.4 Å². The Balaban J connectivity index is 2.17. The highest BCUT2D eigenvalue weighted by Crippen LogP contribution is 2.09. The Bertz CT molecular complexity index is 883. The number of H-pyrrole nitrogens is 1. The molecule has 1 aromatic heterocycles. The highest BCUT2D eigenvalue weighted by Gasteiger charge is 2.32. The highest BCUT2D eigenvalue weighted by atomic mass is 16.4. The second-order valence-corrected chi connectivity index (χ2v) is 9.09. The lowest BCUT2D eigenvalue weighted by atomic mass is 10.0. The quantitative estimate of drug-likeness (QED) is 0.163. The van der Waals surface area contributed by atoms with E-state index in [-0.39, 0.29) is 37.5 Å². The first-order chi connectivity index (χ1) is 16.6. The lowest BCUT2D eigenvalue weighted by Crippen LogP contribution is -2.57. The number of carboxylic acids is 1. The Hall–Kier alpha value is -3.48. The van der Waals surface area contributed by atoms with Gasteiger partial charge in [0.05, 0.1) is 12.4 Å². The average molecular weight is 494 g/mol. The van der Waals surface area contributed by atoms with Crippen molar-refractivity contribution in [2.45, 2.75) is 76.5 Å². The maximum atomic E-state index is 13.1. The molecule has 4 amide bonds. The van der Waals surface area contributed by atoms with Crippen LogP contribution in [0.5, 0.6) is 0 Å². The molecular weight excluding hydrogens is 458 g/mol. The van der Waals surface area contributed by atoms with E-state index >= 15 is 0 Å². The summed E-state index contributed by atoms with van der Waals surface area (Å²) in [6.45, 7) is 4.35. The third-order valence-electron chi connectivity index (χ3n) is 5.62. The molecule has 0 spiro atoms. The number of hydrogen-bond donors (Lipinski definition) is 7. The van der Waals surface area contributed by atoms with Crippen molar-refractivity contribution in [1.82, 2.24) is 31.2 Å². The van der Waals surface area contributed by atoms with Crippen molar-refractivity contribution in [1.29, 1.82) is 0 Å². The number of rotatable bonds is 14. The maximum Gasteiger partial charge on any atom is 0.326 e. The molecule has 1 saturated heterocycles. The lowest BCUT2D eigenvalue weighted by molar-refractivity contribution is -0.142. The molecule has 1 aromatic rings. The van der Waals surface area contributed by atoms with Crippen LogP contribution in [0.4, 0.5) is 0 Å². The summed E-state index contributed by atoms with van der Waals surface area (Å²) in [5.41, 5.74) is 5.77. The first-order valence-corrected chi connectivity index (χ1v) is 11.7. The summed E-state index contributed by atoms with van der Waals surface area (Å²) in [6.07, 6.45) is 4.34. The number of nitrogens with two attached hydrogens (primary N) is 1. The molecular formula is C22H35N7O6. The maximum absolute atomic E-state index is 13.1.